The van der Waals surface area contributed by atoms with Crippen LogP contribution >= 0.6 is 0 Å². The zero-order valence-electron chi connectivity index (χ0n) is 18.0. The summed E-state index contributed by atoms with van der Waals surface area (Å²) in [6.45, 7) is 6.52. The Morgan fingerprint density at radius 1 is 1.13 bits per heavy atom. The van der Waals surface area contributed by atoms with E-state index in [1.165, 1.54) is 0 Å². The van der Waals surface area contributed by atoms with Crippen LogP contribution in [0.4, 0.5) is 0 Å². The Morgan fingerprint density at radius 3 is 2.60 bits per heavy atom. The molecule has 4 aromatic rings. The molecule has 0 spiro atoms. The number of amides is 1. The number of nitrogens with zero attached hydrogens (tertiary/aromatic N) is 5. The number of para-hydroxylation sites is 1. The molecule has 4 rings (SSSR count). The molecular weight excluding hydrogens is 374 g/mol. The molecule has 6 nitrogen and oxygen atoms in total. The standard InChI is InChI=1S/C24H25N5O/c1-15-8-6-10-19-20(12-22(26-23(15)19)18-9-7-11-25-13-18)24(30)28(4)14-21-16(2)27-29(5)17(21)3/h6-13H,14H2,1-5H3. The summed E-state index contributed by atoms with van der Waals surface area (Å²) in [7, 11) is 3.76. The highest BCUT2D eigenvalue weighted by Gasteiger charge is 2.20. The van der Waals surface area contributed by atoms with Gasteiger partial charge in [-0.25, -0.2) is 4.98 Å². The molecule has 0 bridgehead atoms. The normalized spacial score (nSPS) is 11.1. The van der Waals surface area contributed by atoms with E-state index in [4.69, 9.17) is 4.98 Å². The molecule has 0 radical (unpaired) electrons. The number of carbonyl (C=O) groups excluding carboxylic acids is 1. The molecule has 1 aromatic carbocycles. The lowest BCUT2D eigenvalue weighted by Gasteiger charge is -2.19. The lowest BCUT2D eigenvalue weighted by molar-refractivity contribution is 0.0786. The molecule has 6 heteroatoms. The second-order valence-corrected chi connectivity index (χ2v) is 7.70. The van der Waals surface area contributed by atoms with Crippen molar-refractivity contribution in [1.29, 1.82) is 0 Å². The van der Waals surface area contributed by atoms with Gasteiger partial charge in [-0.3, -0.25) is 14.5 Å². The van der Waals surface area contributed by atoms with Crippen molar-refractivity contribution in [2.75, 3.05) is 7.05 Å². The molecule has 0 saturated heterocycles. The Balaban J connectivity index is 1.80. The van der Waals surface area contributed by atoms with Crippen LogP contribution in [-0.4, -0.2) is 37.6 Å². The molecule has 3 heterocycles. The van der Waals surface area contributed by atoms with Gasteiger partial charge < -0.3 is 4.90 Å². The molecule has 1 amide bonds. The van der Waals surface area contributed by atoms with E-state index in [0.717, 1.165) is 44.7 Å². The van der Waals surface area contributed by atoms with Crippen LogP contribution in [0.3, 0.4) is 0 Å². The Morgan fingerprint density at radius 2 is 1.93 bits per heavy atom. The van der Waals surface area contributed by atoms with Crippen molar-refractivity contribution < 1.29 is 4.79 Å². The summed E-state index contributed by atoms with van der Waals surface area (Å²) >= 11 is 0. The number of hydrogen-bond donors (Lipinski definition) is 0. The first-order valence-corrected chi connectivity index (χ1v) is 9.92. The van der Waals surface area contributed by atoms with Gasteiger partial charge in [-0.15, -0.1) is 0 Å². The van der Waals surface area contributed by atoms with Crippen LogP contribution in [0.15, 0.2) is 48.8 Å². The van der Waals surface area contributed by atoms with Gasteiger partial charge in [0.25, 0.3) is 5.91 Å². The van der Waals surface area contributed by atoms with Crippen molar-refractivity contribution in [3.05, 3.63) is 76.9 Å². The van der Waals surface area contributed by atoms with Crippen molar-refractivity contribution >= 4 is 16.8 Å². The second kappa shape index (κ2) is 7.71. The lowest BCUT2D eigenvalue weighted by atomic mass is 10.0. The van der Waals surface area contributed by atoms with E-state index < -0.39 is 0 Å². The fourth-order valence-corrected chi connectivity index (χ4v) is 3.79. The highest BCUT2D eigenvalue weighted by Crippen LogP contribution is 2.27. The predicted octanol–water partition coefficient (Wildman–Crippen LogP) is 4.23. The maximum atomic E-state index is 13.5. The number of aryl methyl sites for hydroxylation is 3. The van der Waals surface area contributed by atoms with Crippen LogP contribution in [0, 0.1) is 20.8 Å². The fourth-order valence-electron chi connectivity index (χ4n) is 3.79. The Labute approximate surface area is 176 Å². The van der Waals surface area contributed by atoms with Crippen LogP contribution in [0.2, 0.25) is 0 Å². The Hall–Kier alpha value is -3.54. The molecule has 0 aliphatic carbocycles. The molecule has 152 valence electrons. The molecule has 30 heavy (non-hydrogen) atoms. The molecule has 0 aliphatic rings. The van der Waals surface area contributed by atoms with Crippen LogP contribution < -0.4 is 0 Å². The van der Waals surface area contributed by atoms with Crippen LogP contribution in [0.1, 0.15) is 32.9 Å². The number of hydrogen-bond acceptors (Lipinski definition) is 4. The van der Waals surface area contributed by atoms with Gasteiger partial charge in [0.2, 0.25) is 0 Å². The van der Waals surface area contributed by atoms with Crippen molar-refractivity contribution in [3.8, 4) is 11.3 Å². The highest BCUT2D eigenvalue weighted by atomic mass is 16.2. The molecule has 0 aliphatic heterocycles. The third kappa shape index (κ3) is 3.45. The number of fused-ring (bicyclic) bond motifs is 1. The quantitative estimate of drug-likeness (QED) is 0.515. The number of pyridine rings is 2. The minimum absolute atomic E-state index is 0.0409. The van der Waals surface area contributed by atoms with Gasteiger partial charge in [-0.05, 0) is 44.5 Å². The lowest BCUT2D eigenvalue weighted by Crippen LogP contribution is -2.27. The first kappa shape index (κ1) is 19.8. The van der Waals surface area contributed by atoms with Crippen LogP contribution in [0.25, 0.3) is 22.2 Å². The molecule has 0 fully saturated rings. The maximum Gasteiger partial charge on any atom is 0.254 e. The fraction of sp³-hybridized carbons (Fsp3) is 0.250. The summed E-state index contributed by atoms with van der Waals surface area (Å²) in [5, 5.41) is 5.33. The summed E-state index contributed by atoms with van der Waals surface area (Å²) in [6, 6.07) is 11.7. The van der Waals surface area contributed by atoms with E-state index in [1.54, 1.807) is 17.3 Å². The average Bonchev–Trinajstić information content (AvgIpc) is 2.99. The minimum Gasteiger partial charge on any atom is -0.337 e. The van der Waals surface area contributed by atoms with Crippen LogP contribution in [-0.2, 0) is 13.6 Å². The smallest absolute Gasteiger partial charge is 0.254 e. The minimum atomic E-state index is -0.0409. The first-order chi connectivity index (χ1) is 14.4. The average molecular weight is 399 g/mol. The summed E-state index contributed by atoms with van der Waals surface area (Å²) in [6.07, 6.45) is 3.50. The summed E-state index contributed by atoms with van der Waals surface area (Å²) in [4.78, 5) is 24.3. The number of rotatable bonds is 4. The molecule has 0 saturated carbocycles. The molecule has 0 N–H and O–H groups in total. The van der Waals surface area contributed by atoms with E-state index in [2.05, 4.69) is 10.1 Å². The highest BCUT2D eigenvalue weighted by molar-refractivity contribution is 6.07. The Kier molecular flexibility index (Phi) is 5.08. The number of benzene rings is 1. The molecule has 3 aromatic heterocycles. The summed E-state index contributed by atoms with van der Waals surface area (Å²) in [5.41, 5.74) is 7.24. The number of aromatic nitrogens is 4. The van der Waals surface area contributed by atoms with Crippen molar-refractivity contribution in [2.45, 2.75) is 27.3 Å². The summed E-state index contributed by atoms with van der Waals surface area (Å²) < 4.78 is 1.86. The Bertz CT molecular complexity index is 1240. The zero-order valence-corrected chi connectivity index (χ0v) is 18.0. The zero-order chi connectivity index (χ0) is 21.4. The van der Waals surface area contributed by atoms with E-state index in [0.29, 0.717) is 12.1 Å². The van der Waals surface area contributed by atoms with Gasteiger partial charge in [0.05, 0.1) is 22.5 Å². The van der Waals surface area contributed by atoms with Gasteiger partial charge >= 0.3 is 0 Å². The molecule has 0 atom stereocenters. The molecule has 0 unspecified atom stereocenters. The van der Waals surface area contributed by atoms with E-state index >= 15 is 0 Å². The van der Waals surface area contributed by atoms with Gasteiger partial charge in [0.15, 0.2) is 0 Å². The van der Waals surface area contributed by atoms with Crippen molar-refractivity contribution in [3.63, 3.8) is 0 Å². The van der Waals surface area contributed by atoms with Crippen molar-refractivity contribution in [2.24, 2.45) is 7.05 Å². The monoisotopic (exact) mass is 399 g/mol. The first-order valence-electron chi connectivity index (χ1n) is 9.92. The summed E-state index contributed by atoms with van der Waals surface area (Å²) in [5.74, 6) is -0.0409. The van der Waals surface area contributed by atoms with Crippen LogP contribution in [0.5, 0.6) is 0 Å². The predicted molar refractivity (Wildman–Crippen MR) is 118 cm³/mol. The topological polar surface area (TPSA) is 63.9 Å². The largest absolute Gasteiger partial charge is 0.337 e. The van der Waals surface area contributed by atoms with Gasteiger partial charge in [-0.1, -0.05) is 18.2 Å². The van der Waals surface area contributed by atoms with E-state index in [-0.39, 0.29) is 5.91 Å². The van der Waals surface area contributed by atoms with E-state index in [1.807, 2.05) is 75.9 Å². The van der Waals surface area contributed by atoms with Gasteiger partial charge in [0, 0.05) is 55.2 Å². The van der Waals surface area contributed by atoms with Crippen molar-refractivity contribution in [1.82, 2.24) is 24.6 Å². The van der Waals surface area contributed by atoms with Gasteiger partial charge in [0.1, 0.15) is 0 Å². The molecular formula is C24H25N5O. The SMILES string of the molecule is Cc1nn(C)c(C)c1CN(C)C(=O)c1cc(-c2cccnc2)nc2c(C)cccc12. The van der Waals surface area contributed by atoms with Gasteiger partial charge in [-0.2, -0.15) is 5.10 Å². The second-order valence-electron chi connectivity index (χ2n) is 7.70. The number of carbonyl (C=O) groups is 1. The third-order valence-corrected chi connectivity index (χ3v) is 5.63. The third-order valence-electron chi connectivity index (χ3n) is 5.63. The maximum absolute atomic E-state index is 13.5. The van der Waals surface area contributed by atoms with E-state index in [9.17, 15) is 4.79 Å².